The van der Waals surface area contributed by atoms with Crippen LogP contribution in [0.1, 0.15) is 57.8 Å². The molecule has 28 heavy (non-hydrogen) atoms. The molecule has 0 unspecified atom stereocenters. The van der Waals surface area contributed by atoms with Crippen molar-refractivity contribution in [1.82, 2.24) is 9.88 Å². The van der Waals surface area contributed by atoms with Crippen molar-refractivity contribution in [3.05, 3.63) is 18.3 Å². The van der Waals surface area contributed by atoms with Gasteiger partial charge >= 0.3 is 0 Å². The van der Waals surface area contributed by atoms with Gasteiger partial charge in [0.1, 0.15) is 6.10 Å². The molecule has 1 N–H and O–H groups in total. The topological polar surface area (TPSA) is 88.6 Å². The van der Waals surface area contributed by atoms with Crippen molar-refractivity contribution >= 4 is 21.6 Å². The molecule has 8 heteroatoms. The molecule has 1 aliphatic heterocycles. The Labute approximate surface area is 166 Å². The van der Waals surface area contributed by atoms with E-state index in [1.54, 1.807) is 12.1 Å². The lowest BCUT2D eigenvalue weighted by molar-refractivity contribution is -0.134. The van der Waals surface area contributed by atoms with Gasteiger partial charge in [-0.1, -0.05) is 12.8 Å². The molecule has 1 aromatic rings. The first kappa shape index (κ1) is 19.5. The average molecular weight is 408 g/mol. The second-order valence-electron chi connectivity index (χ2n) is 8.28. The third kappa shape index (κ3) is 4.96. The number of nitrogens with zero attached hydrogens (tertiary/aromatic N) is 2. The second kappa shape index (κ2) is 8.27. The molecule has 154 valence electrons. The summed E-state index contributed by atoms with van der Waals surface area (Å²) in [7, 11) is -3.27. The summed E-state index contributed by atoms with van der Waals surface area (Å²) in [5.74, 6) is 1.36. The van der Waals surface area contributed by atoms with Gasteiger partial charge in [0, 0.05) is 38.4 Å². The Bertz CT molecular complexity index is 778. The molecule has 2 saturated carbocycles. The number of rotatable bonds is 7. The van der Waals surface area contributed by atoms with Gasteiger partial charge in [-0.25, -0.2) is 13.4 Å². The number of hydrogen-bond donors (Lipinski definition) is 1. The van der Waals surface area contributed by atoms with Crippen LogP contribution in [0.4, 0.5) is 5.69 Å². The fourth-order valence-corrected chi connectivity index (χ4v) is 5.49. The first-order valence-corrected chi connectivity index (χ1v) is 12.0. The van der Waals surface area contributed by atoms with E-state index in [-0.39, 0.29) is 17.3 Å². The van der Waals surface area contributed by atoms with Gasteiger partial charge in [0.2, 0.25) is 21.8 Å². The maximum atomic E-state index is 12.4. The van der Waals surface area contributed by atoms with Gasteiger partial charge in [0.15, 0.2) is 0 Å². The largest absolute Gasteiger partial charge is 0.474 e. The van der Waals surface area contributed by atoms with E-state index < -0.39 is 10.0 Å². The molecule has 7 nitrogen and oxygen atoms in total. The highest BCUT2D eigenvalue weighted by atomic mass is 32.2. The zero-order chi connectivity index (χ0) is 19.6. The maximum Gasteiger partial charge on any atom is 0.235 e. The summed E-state index contributed by atoms with van der Waals surface area (Å²) in [6.45, 7) is 1.46. The third-order valence-corrected chi connectivity index (χ3v) is 7.85. The molecule has 3 fully saturated rings. The van der Waals surface area contributed by atoms with Crippen LogP contribution in [0, 0.1) is 5.92 Å². The van der Waals surface area contributed by atoms with Crippen molar-refractivity contribution in [2.75, 3.05) is 17.8 Å². The fraction of sp³-hybridized carbons (Fsp3) is 0.700. The van der Waals surface area contributed by atoms with E-state index in [4.69, 9.17) is 4.74 Å². The molecule has 2 aliphatic carbocycles. The highest BCUT2D eigenvalue weighted by Crippen LogP contribution is 2.30. The molecule has 3 aliphatic rings. The van der Waals surface area contributed by atoms with E-state index in [0.29, 0.717) is 23.9 Å². The summed E-state index contributed by atoms with van der Waals surface area (Å²) < 4.78 is 32.4. The lowest BCUT2D eigenvalue weighted by Crippen LogP contribution is -2.42. The SMILES string of the molecule is O=C(CC1CCCC1)N1CCC(Oc2ccc(NS(=O)(=O)C3CC3)cn2)CC1. The Hall–Kier alpha value is -1.83. The molecule has 0 bridgehead atoms. The Balaban J connectivity index is 1.22. The maximum absolute atomic E-state index is 12.4. The minimum Gasteiger partial charge on any atom is -0.474 e. The molecule has 1 amide bonds. The van der Waals surface area contributed by atoms with E-state index in [9.17, 15) is 13.2 Å². The fourth-order valence-electron chi connectivity index (χ4n) is 4.12. The highest BCUT2D eigenvalue weighted by molar-refractivity contribution is 7.93. The number of hydrogen-bond acceptors (Lipinski definition) is 5. The van der Waals surface area contributed by atoms with Crippen molar-refractivity contribution in [1.29, 1.82) is 0 Å². The van der Waals surface area contributed by atoms with Crippen LogP contribution in [-0.4, -0.2) is 48.7 Å². The van der Waals surface area contributed by atoms with Crippen LogP contribution in [0.15, 0.2) is 18.3 Å². The Morgan fingerprint density at radius 2 is 1.82 bits per heavy atom. The molecule has 0 radical (unpaired) electrons. The van der Waals surface area contributed by atoms with Gasteiger partial charge in [0.25, 0.3) is 0 Å². The van der Waals surface area contributed by atoms with Crippen LogP contribution in [0.2, 0.25) is 0 Å². The lowest BCUT2D eigenvalue weighted by atomic mass is 10.0. The number of carbonyl (C=O) groups is 1. The van der Waals surface area contributed by atoms with Gasteiger partial charge in [-0.3, -0.25) is 9.52 Å². The van der Waals surface area contributed by atoms with Crippen molar-refractivity contribution in [3.63, 3.8) is 0 Å². The summed E-state index contributed by atoms with van der Waals surface area (Å²) in [4.78, 5) is 18.6. The standard InChI is InChI=1S/C20H29N3O4S/c24-20(13-15-3-1-2-4-15)23-11-9-17(10-12-23)27-19-8-5-16(14-21-19)22-28(25,26)18-6-7-18/h5,8,14-15,17-18,22H,1-4,6-7,9-13H2. The Morgan fingerprint density at radius 1 is 1.11 bits per heavy atom. The van der Waals surface area contributed by atoms with Crippen LogP contribution >= 0.6 is 0 Å². The number of carbonyl (C=O) groups excluding carboxylic acids is 1. The minimum atomic E-state index is -3.27. The summed E-state index contributed by atoms with van der Waals surface area (Å²) >= 11 is 0. The number of anilines is 1. The van der Waals surface area contributed by atoms with Gasteiger partial charge in [-0.2, -0.15) is 0 Å². The summed E-state index contributed by atoms with van der Waals surface area (Å²) in [6.07, 6.45) is 10.2. The zero-order valence-corrected chi connectivity index (χ0v) is 17.0. The number of piperidine rings is 1. The molecule has 4 rings (SSSR count). The molecule has 1 aromatic heterocycles. The van der Waals surface area contributed by atoms with Crippen LogP contribution in [0.25, 0.3) is 0 Å². The summed E-state index contributed by atoms with van der Waals surface area (Å²) in [5.41, 5.74) is 0.464. The van der Waals surface area contributed by atoms with E-state index in [1.165, 1.54) is 31.9 Å². The molecule has 0 aromatic carbocycles. The third-order valence-electron chi connectivity index (χ3n) is 5.98. The average Bonchev–Trinajstić information content (AvgIpc) is 3.43. The molecule has 0 spiro atoms. The highest BCUT2D eigenvalue weighted by Gasteiger charge is 2.35. The number of ether oxygens (including phenoxy) is 1. The first-order valence-electron chi connectivity index (χ1n) is 10.4. The molecule has 1 saturated heterocycles. The smallest absolute Gasteiger partial charge is 0.235 e. The number of sulfonamides is 1. The van der Waals surface area contributed by atoms with Crippen molar-refractivity contribution < 1.29 is 17.9 Å². The van der Waals surface area contributed by atoms with E-state index >= 15 is 0 Å². The predicted molar refractivity (Wildman–Crippen MR) is 107 cm³/mol. The number of amides is 1. The molecular formula is C20H29N3O4S. The zero-order valence-electron chi connectivity index (χ0n) is 16.2. The minimum absolute atomic E-state index is 0.0389. The normalized spacial score (nSPS) is 21.6. The van der Waals surface area contributed by atoms with Crippen LogP contribution < -0.4 is 9.46 Å². The lowest BCUT2D eigenvalue weighted by Gasteiger charge is -2.32. The van der Waals surface area contributed by atoms with Gasteiger partial charge in [-0.15, -0.1) is 0 Å². The number of aromatic nitrogens is 1. The molecule has 0 atom stereocenters. The van der Waals surface area contributed by atoms with E-state index in [2.05, 4.69) is 9.71 Å². The molecular weight excluding hydrogens is 378 g/mol. The Kier molecular flexibility index (Phi) is 5.75. The van der Waals surface area contributed by atoms with E-state index in [1.807, 2.05) is 4.90 Å². The van der Waals surface area contributed by atoms with Gasteiger partial charge in [-0.05, 0) is 37.7 Å². The summed E-state index contributed by atoms with van der Waals surface area (Å²) in [6, 6.07) is 3.38. The predicted octanol–water partition coefficient (Wildman–Crippen LogP) is 2.94. The van der Waals surface area contributed by atoms with Gasteiger partial charge in [0.05, 0.1) is 17.1 Å². The summed E-state index contributed by atoms with van der Waals surface area (Å²) in [5, 5.41) is -0.259. The quantitative estimate of drug-likeness (QED) is 0.751. The van der Waals surface area contributed by atoms with Gasteiger partial charge < -0.3 is 9.64 Å². The Morgan fingerprint density at radius 3 is 2.43 bits per heavy atom. The molecule has 2 heterocycles. The van der Waals surface area contributed by atoms with Crippen LogP contribution in [0.3, 0.4) is 0 Å². The number of pyridine rings is 1. The number of likely N-dealkylation sites (tertiary alicyclic amines) is 1. The van der Waals surface area contributed by atoms with E-state index in [0.717, 1.165) is 38.8 Å². The van der Waals surface area contributed by atoms with Crippen LogP contribution in [-0.2, 0) is 14.8 Å². The van der Waals surface area contributed by atoms with Crippen molar-refractivity contribution in [3.8, 4) is 5.88 Å². The van der Waals surface area contributed by atoms with Crippen LogP contribution in [0.5, 0.6) is 5.88 Å². The second-order valence-corrected chi connectivity index (χ2v) is 10.2. The van der Waals surface area contributed by atoms with Crippen molar-refractivity contribution in [2.24, 2.45) is 5.92 Å². The first-order chi connectivity index (χ1) is 13.5. The van der Waals surface area contributed by atoms with Crippen molar-refractivity contribution in [2.45, 2.75) is 69.1 Å². The monoisotopic (exact) mass is 407 g/mol. The number of nitrogens with one attached hydrogen (secondary N) is 1.